The molecule has 0 spiro atoms. The second-order valence-electron chi connectivity index (χ2n) is 7.08. The van der Waals surface area contributed by atoms with Gasteiger partial charge in [-0.2, -0.15) is 0 Å². The zero-order valence-corrected chi connectivity index (χ0v) is 15.6. The summed E-state index contributed by atoms with van der Waals surface area (Å²) in [6, 6.07) is 4.39. The van der Waals surface area contributed by atoms with E-state index < -0.39 is 0 Å². The minimum Gasteiger partial charge on any atom is -0.381 e. The van der Waals surface area contributed by atoms with Gasteiger partial charge in [0.05, 0.1) is 11.7 Å². The lowest BCUT2D eigenvalue weighted by Crippen LogP contribution is -2.34. The van der Waals surface area contributed by atoms with Crippen molar-refractivity contribution in [2.24, 2.45) is 5.92 Å². The van der Waals surface area contributed by atoms with Crippen LogP contribution in [0.25, 0.3) is 5.65 Å². The molecular formula is C20H27N5O. The Morgan fingerprint density at radius 2 is 2.12 bits per heavy atom. The maximum atomic E-state index is 5.57. The molecule has 3 aromatic heterocycles. The first-order chi connectivity index (χ1) is 12.7. The van der Waals surface area contributed by atoms with E-state index in [0.717, 1.165) is 56.3 Å². The van der Waals surface area contributed by atoms with Crippen LogP contribution in [0.4, 0.5) is 0 Å². The van der Waals surface area contributed by atoms with Crippen LogP contribution in [0, 0.1) is 12.8 Å². The van der Waals surface area contributed by atoms with E-state index in [1.807, 2.05) is 6.20 Å². The van der Waals surface area contributed by atoms with Crippen molar-refractivity contribution in [3.63, 3.8) is 0 Å². The first kappa shape index (κ1) is 17.2. The molecule has 6 heteroatoms. The number of nitrogens with one attached hydrogen (secondary N) is 1. The fourth-order valence-corrected chi connectivity index (χ4v) is 3.84. The number of fused-ring (bicyclic) bond motifs is 1. The second-order valence-corrected chi connectivity index (χ2v) is 7.08. The zero-order chi connectivity index (χ0) is 17.9. The summed E-state index contributed by atoms with van der Waals surface area (Å²) in [6.07, 6.45) is 10.3. The fourth-order valence-electron chi connectivity index (χ4n) is 3.84. The molecule has 138 valence electrons. The molecule has 0 aromatic carbocycles. The van der Waals surface area contributed by atoms with E-state index in [4.69, 9.17) is 9.72 Å². The van der Waals surface area contributed by atoms with Gasteiger partial charge in [0, 0.05) is 51.1 Å². The predicted molar refractivity (Wildman–Crippen MR) is 101 cm³/mol. The summed E-state index contributed by atoms with van der Waals surface area (Å²) < 4.78 is 9.90. The molecule has 0 amide bonds. The molecule has 4 heterocycles. The number of nitrogens with zero attached hydrogens (tertiary/aromatic N) is 4. The smallest absolute Gasteiger partial charge is 0.137 e. The number of aromatic nitrogens is 4. The third-order valence-electron chi connectivity index (χ3n) is 5.26. The summed E-state index contributed by atoms with van der Waals surface area (Å²) in [7, 11) is 0. The molecule has 4 rings (SSSR count). The van der Waals surface area contributed by atoms with E-state index in [1.165, 1.54) is 5.56 Å². The number of ether oxygens (including phenoxy) is 1. The Hall–Kier alpha value is -2.18. The summed E-state index contributed by atoms with van der Waals surface area (Å²) in [5, 5.41) is 3.74. The van der Waals surface area contributed by atoms with Crippen LogP contribution in [0.1, 0.15) is 42.9 Å². The van der Waals surface area contributed by atoms with Crippen LogP contribution >= 0.6 is 0 Å². The highest BCUT2D eigenvalue weighted by molar-refractivity contribution is 5.41. The van der Waals surface area contributed by atoms with Crippen LogP contribution in [0.5, 0.6) is 0 Å². The van der Waals surface area contributed by atoms with E-state index in [1.54, 1.807) is 0 Å². The summed E-state index contributed by atoms with van der Waals surface area (Å²) in [5.74, 6) is 1.66. The monoisotopic (exact) mass is 353 g/mol. The Balaban J connectivity index is 1.55. The molecule has 1 aliphatic heterocycles. The highest BCUT2D eigenvalue weighted by Gasteiger charge is 2.28. The van der Waals surface area contributed by atoms with Crippen LogP contribution in [0.3, 0.4) is 0 Å². The predicted octanol–water partition coefficient (Wildman–Crippen LogP) is 3.12. The van der Waals surface area contributed by atoms with Gasteiger partial charge >= 0.3 is 0 Å². The maximum absolute atomic E-state index is 5.57. The quantitative estimate of drug-likeness (QED) is 0.740. The number of hydrogen-bond donors (Lipinski definition) is 1. The van der Waals surface area contributed by atoms with Gasteiger partial charge in [0.25, 0.3) is 0 Å². The molecule has 0 saturated carbocycles. The van der Waals surface area contributed by atoms with Gasteiger partial charge in [0.1, 0.15) is 11.5 Å². The third-order valence-corrected chi connectivity index (χ3v) is 5.26. The molecule has 6 nitrogen and oxygen atoms in total. The molecule has 0 aliphatic carbocycles. The van der Waals surface area contributed by atoms with Gasteiger partial charge in [-0.1, -0.05) is 6.07 Å². The van der Waals surface area contributed by atoms with Gasteiger partial charge in [0.2, 0.25) is 0 Å². The molecule has 1 unspecified atom stereocenters. The largest absolute Gasteiger partial charge is 0.381 e. The summed E-state index contributed by atoms with van der Waals surface area (Å²) >= 11 is 0. The fraction of sp³-hybridized carbons (Fsp3) is 0.500. The number of hydrogen-bond acceptors (Lipinski definition) is 4. The Morgan fingerprint density at radius 1 is 1.27 bits per heavy atom. The van der Waals surface area contributed by atoms with Crippen molar-refractivity contribution in [1.82, 2.24) is 24.3 Å². The number of pyridine rings is 1. The van der Waals surface area contributed by atoms with Crippen molar-refractivity contribution in [1.29, 1.82) is 0 Å². The molecule has 0 radical (unpaired) electrons. The van der Waals surface area contributed by atoms with Crippen LogP contribution in [-0.2, 0) is 17.8 Å². The van der Waals surface area contributed by atoms with Crippen molar-refractivity contribution in [3.8, 4) is 0 Å². The average molecular weight is 353 g/mol. The molecule has 3 aromatic rings. The standard InChI is InChI=1S/C20H27N5O/c1-3-24-9-8-21-20(24)19(16-6-10-26-11-7-16)22-12-17-14-25-13-15(2)4-5-18(25)23-17/h4-5,8-9,13-14,16,19,22H,3,6-7,10-12H2,1-2H3. The van der Waals surface area contributed by atoms with Gasteiger partial charge in [-0.25, -0.2) is 9.97 Å². The number of aryl methyl sites for hydroxylation is 2. The highest BCUT2D eigenvalue weighted by Crippen LogP contribution is 2.29. The summed E-state index contributed by atoms with van der Waals surface area (Å²) in [6.45, 7) is 7.61. The Bertz CT molecular complexity index is 862. The lowest BCUT2D eigenvalue weighted by molar-refractivity contribution is 0.0516. The lowest BCUT2D eigenvalue weighted by Gasteiger charge is -2.31. The Labute approximate surface area is 154 Å². The Kier molecular flexibility index (Phi) is 5.04. The van der Waals surface area contributed by atoms with Crippen molar-refractivity contribution >= 4 is 5.65 Å². The molecule has 1 saturated heterocycles. The van der Waals surface area contributed by atoms with Crippen LogP contribution in [0.15, 0.2) is 36.9 Å². The SMILES string of the molecule is CCn1ccnc1C(NCc1cn2cc(C)ccc2n1)C1CCOCC1. The van der Waals surface area contributed by atoms with Gasteiger partial charge in [0.15, 0.2) is 0 Å². The molecule has 1 aliphatic rings. The van der Waals surface area contributed by atoms with Gasteiger partial charge in [-0.3, -0.25) is 0 Å². The number of imidazole rings is 2. The highest BCUT2D eigenvalue weighted by atomic mass is 16.5. The topological polar surface area (TPSA) is 56.4 Å². The minimum atomic E-state index is 0.223. The second kappa shape index (κ2) is 7.60. The van der Waals surface area contributed by atoms with Crippen LogP contribution in [0.2, 0.25) is 0 Å². The normalized spacial score (nSPS) is 17.0. The van der Waals surface area contributed by atoms with Gasteiger partial charge < -0.3 is 19.0 Å². The van der Waals surface area contributed by atoms with E-state index >= 15 is 0 Å². The van der Waals surface area contributed by atoms with Crippen molar-refractivity contribution in [2.45, 2.75) is 45.8 Å². The lowest BCUT2D eigenvalue weighted by atomic mass is 9.91. The molecule has 0 bridgehead atoms. The maximum Gasteiger partial charge on any atom is 0.137 e. The molecule has 1 N–H and O–H groups in total. The average Bonchev–Trinajstić information content (AvgIpc) is 3.29. The molecule has 26 heavy (non-hydrogen) atoms. The van der Waals surface area contributed by atoms with Crippen molar-refractivity contribution in [3.05, 3.63) is 54.0 Å². The van der Waals surface area contributed by atoms with Gasteiger partial charge in [-0.05, 0) is 44.2 Å². The van der Waals surface area contributed by atoms with Crippen LogP contribution < -0.4 is 5.32 Å². The third kappa shape index (κ3) is 3.52. The minimum absolute atomic E-state index is 0.223. The summed E-state index contributed by atoms with van der Waals surface area (Å²) in [4.78, 5) is 9.41. The Morgan fingerprint density at radius 3 is 2.92 bits per heavy atom. The number of rotatable bonds is 6. The molecule has 1 fully saturated rings. The first-order valence-electron chi connectivity index (χ1n) is 9.51. The van der Waals surface area contributed by atoms with E-state index in [-0.39, 0.29) is 6.04 Å². The van der Waals surface area contributed by atoms with E-state index in [2.05, 4.69) is 63.8 Å². The van der Waals surface area contributed by atoms with Gasteiger partial charge in [-0.15, -0.1) is 0 Å². The zero-order valence-electron chi connectivity index (χ0n) is 15.6. The first-order valence-corrected chi connectivity index (χ1v) is 9.51. The molecule has 1 atom stereocenters. The van der Waals surface area contributed by atoms with E-state index in [0.29, 0.717) is 5.92 Å². The summed E-state index contributed by atoms with van der Waals surface area (Å²) in [5.41, 5.74) is 3.28. The van der Waals surface area contributed by atoms with E-state index in [9.17, 15) is 0 Å². The van der Waals surface area contributed by atoms with Crippen molar-refractivity contribution in [2.75, 3.05) is 13.2 Å². The van der Waals surface area contributed by atoms with Crippen molar-refractivity contribution < 1.29 is 4.74 Å². The van der Waals surface area contributed by atoms with Crippen LogP contribution in [-0.4, -0.2) is 32.1 Å². The molecular weight excluding hydrogens is 326 g/mol.